The minimum absolute atomic E-state index is 0.0226. The van der Waals surface area contributed by atoms with Crippen LogP contribution in [0.4, 0.5) is 10.3 Å². The summed E-state index contributed by atoms with van der Waals surface area (Å²) in [7, 11) is 0. The molecule has 0 aromatic carbocycles. The lowest BCUT2D eigenvalue weighted by Gasteiger charge is -2.24. The molecule has 9 nitrogen and oxygen atoms in total. The van der Waals surface area contributed by atoms with Gasteiger partial charge in [-0.1, -0.05) is 0 Å². The Hall–Kier alpha value is -2.04. The van der Waals surface area contributed by atoms with Gasteiger partial charge < -0.3 is 20.7 Å². The van der Waals surface area contributed by atoms with Gasteiger partial charge >= 0.3 is 0 Å². The van der Waals surface area contributed by atoms with E-state index in [1.807, 2.05) is 0 Å². The van der Waals surface area contributed by atoms with Gasteiger partial charge in [0.2, 0.25) is 5.95 Å². The molecule has 0 radical (unpaired) electrons. The van der Waals surface area contributed by atoms with Crippen LogP contribution in [0.25, 0.3) is 11.2 Å². The molecule has 0 amide bonds. The molecular weight excluding hydrogens is 285 g/mol. The minimum atomic E-state index is -2.19. The normalized spacial score (nSPS) is 32.9. The van der Waals surface area contributed by atoms with E-state index in [9.17, 15) is 14.3 Å². The van der Waals surface area contributed by atoms with Crippen LogP contribution >= 0.6 is 0 Å². The maximum absolute atomic E-state index is 14.7. The fraction of sp³-hybridized carbons (Fsp3) is 0.545. The summed E-state index contributed by atoms with van der Waals surface area (Å²) < 4.78 is 21.2. The lowest BCUT2D eigenvalue weighted by molar-refractivity contribution is -0.0566. The van der Waals surface area contributed by atoms with Gasteiger partial charge in [-0.15, -0.1) is 0 Å². The first-order chi connectivity index (χ1) is 9.86. The number of aliphatic hydroxyl groups is 2. The van der Waals surface area contributed by atoms with Gasteiger partial charge in [0.15, 0.2) is 23.1 Å². The molecule has 4 atom stereocenters. The van der Waals surface area contributed by atoms with Crippen LogP contribution in [-0.2, 0) is 4.74 Å². The Morgan fingerprint density at radius 1 is 1.67 bits per heavy atom. The number of alkyl halides is 1. The molecule has 3 heterocycles. The number of rotatable bonds is 2. The molecule has 1 aliphatic heterocycles. The molecule has 2 aromatic rings. The molecule has 2 aromatic heterocycles. The summed E-state index contributed by atoms with van der Waals surface area (Å²) in [5.41, 5.74) is 2.73. The molecule has 21 heavy (non-hydrogen) atoms. The van der Waals surface area contributed by atoms with Crippen molar-refractivity contribution in [1.29, 1.82) is 0 Å². The van der Waals surface area contributed by atoms with Crippen molar-refractivity contribution in [3.8, 4) is 0 Å². The second-order valence-corrected chi connectivity index (χ2v) is 5.08. The standard InChI is InChI=1S/C11H14FN5O4/c1-11(12)6(19)4(2-18)21-9(11)17-3-14-5-7(17)15-10(13)16-8(5)20/h3-4,6,9,18-19H,2H2,1H3,(H3,13,15,16,20)/t4-,6?,9-,11+/m1/s1. The summed E-state index contributed by atoms with van der Waals surface area (Å²) in [5, 5.41) is 19.0. The highest BCUT2D eigenvalue weighted by Gasteiger charge is 2.55. The number of ether oxygens (including phenoxy) is 1. The zero-order valence-electron chi connectivity index (χ0n) is 11.0. The highest BCUT2D eigenvalue weighted by Crippen LogP contribution is 2.41. The number of nitrogens with one attached hydrogen (secondary N) is 1. The van der Waals surface area contributed by atoms with Crippen molar-refractivity contribution in [3.63, 3.8) is 0 Å². The van der Waals surface area contributed by atoms with Crippen molar-refractivity contribution in [2.24, 2.45) is 0 Å². The number of hydrogen-bond donors (Lipinski definition) is 4. The fourth-order valence-electron chi connectivity index (χ4n) is 2.48. The Bertz CT molecular complexity index is 742. The van der Waals surface area contributed by atoms with Gasteiger partial charge in [-0.25, -0.2) is 9.37 Å². The third-order valence-corrected chi connectivity index (χ3v) is 3.60. The minimum Gasteiger partial charge on any atom is -0.394 e. The predicted molar refractivity (Wildman–Crippen MR) is 69.1 cm³/mol. The van der Waals surface area contributed by atoms with Crippen molar-refractivity contribution < 1.29 is 19.3 Å². The lowest BCUT2D eigenvalue weighted by atomic mass is 9.99. The van der Waals surface area contributed by atoms with Gasteiger partial charge in [0.05, 0.1) is 12.9 Å². The van der Waals surface area contributed by atoms with E-state index in [-0.39, 0.29) is 17.1 Å². The predicted octanol–water partition coefficient (Wildman–Crippen LogP) is -1.32. The summed E-state index contributed by atoms with van der Waals surface area (Å²) in [6, 6.07) is 0. The van der Waals surface area contributed by atoms with Crippen LogP contribution in [0.15, 0.2) is 11.1 Å². The van der Waals surface area contributed by atoms with E-state index >= 15 is 0 Å². The third kappa shape index (κ3) is 1.91. The fourth-order valence-corrected chi connectivity index (χ4v) is 2.48. The highest BCUT2D eigenvalue weighted by molar-refractivity contribution is 5.70. The second kappa shape index (κ2) is 4.48. The number of halogens is 1. The SMILES string of the molecule is C[C@]1(F)C(O)[C@@H](CO)O[C@H]1n1cnc2c(=O)[nH]c(N)nc21. The molecule has 10 heteroatoms. The third-order valence-electron chi connectivity index (χ3n) is 3.60. The first-order valence-electron chi connectivity index (χ1n) is 6.22. The molecule has 1 fully saturated rings. The van der Waals surface area contributed by atoms with Gasteiger partial charge in [-0.3, -0.25) is 14.3 Å². The van der Waals surface area contributed by atoms with Crippen LogP contribution in [0.2, 0.25) is 0 Å². The average Bonchev–Trinajstić information content (AvgIpc) is 2.91. The first-order valence-corrected chi connectivity index (χ1v) is 6.22. The number of hydrogen-bond acceptors (Lipinski definition) is 7. The number of nitrogens with two attached hydrogens (primary N) is 1. The topological polar surface area (TPSA) is 139 Å². The molecule has 1 unspecified atom stereocenters. The van der Waals surface area contributed by atoms with Crippen molar-refractivity contribution in [2.75, 3.05) is 12.3 Å². The molecule has 0 bridgehead atoms. The monoisotopic (exact) mass is 299 g/mol. The van der Waals surface area contributed by atoms with Crippen LogP contribution in [0.1, 0.15) is 13.2 Å². The molecular formula is C11H14FN5O4. The van der Waals surface area contributed by atoms with E-state index < -0.39 is 36.3 Å². The quantitative estimate of drug-likeness (QED) is 0.539. The maximum atomic E-state index is 14.7. The summed E-state index contributed by atoms with van der Waals surface area (Å²) in [6.45, 7) is 0.598. The highest BCUT2D eigenvalue weighted by atomic mass is 19.1. The van der Waals surface area contributed by atoms with Crippen LogP contribution in [0.3, 0.4) is 0 Å². The Balaban J connectivity index is 2.15. The Morgan fingerprint density at radius 3 is 3.00 bits per heavy atom. The number of nitrogens with zero attached hydrogens (tertiary/aromatic N) is 3. The number of anilines is 1. The van der Waals surface area contributed by atoms with Crippen LogP contribution in [0.5, 0.6) is 0 Å². The van der Waals surface area contributed by atoms with Crippen LogP contribution < -0.4 is 11.3 Å². The van der Waals surface area contributed by atoms with E-state index in [1.54, 1.807) is 0 Å². The first kappa shape index (κ1) is 13.9. The second-order valence-electron chi connectivity index (χ2n) is 5.08. The van der Waals surface area contributed by atoms with Crippen LogP contribution in [0, 0.1) is 0 Å². The molecule has 114 valence electrons. The smallest absolute Gasteiger partial charge is 0.280 e. The molecule has 1 aliphatic rings. The number of aromatic amines is 1. The van der Waals surface area contributed by atoms with Crippen molar-refractivity contribution >= 4 is 17.1 Å². The molecule has 3 rings (SSSR count). The number of fused-ring (bicyclic) bond motifs is 1. The van der Waals surface area contributed by atoms with Crippen molar-refractivity contribution in [1.82, 2.24) is 19.5 Å². The van der Waals surface area contributed by atoms with E-state index in [1.165, 1.54) is 10.9 Å². The number of imidazole rings is 1. The van der Waals surface area contributed by atoms with E-state index in [0.717, 1.165) is 6.92 Å². The molecule has 0 spiro atoms. The van der Waals surface area contributed by atoms with E-state index in [0.29, 0.717) is 0 Å². The summed E-state index contributed by atoms with van der Waals surface area (Å²) in [5.74, 6) is -0.146. The Morgan fingerprint density at radius 2 is 2.38 bits per heavy atom. The number of H-pyrrole nitrogens is 1. The lowest BCUT2D eigenvalue weighted by Crippen LogP contribution is -2.40. The Kier molecular flexibility index (Phi) is 2.97. The van der Waals surface area contributed by atoms with Crippen molar-refractivity contribution in [2.45, 2.75) is 31.0 Å². The molecule has 1 saturated heterocycles. The zero-order valence-corrected chi connectivity index (χ0v) is 11.0. The largest absolute Gasteiger partial charge is 0.394 e. The maximum Gasteiger partial charge on any atom is 0.280 e. The molecule has 0 aliphatic carbocycles. The van der Waals surface area contributed by atoms with Gasteiger partial charge in [0.1, 0.15) is 12.2 Å². The van der Waals surface area contributed by atoms with Gasteiger partial charge in [0.25, 0.3) is 5.56 Å². The average molecular weight is 299 g/mol. The summed E-state index contributed by atoms with van der Waals surface area (Å²) in [6.07, 6.45) is -2.71. The molecule has 5 N–H and O–H groups in total. The van der Waals surface area contributed by atoms with Crippen LogP contribution in [-0.4, -0.2) is 54.2 Å². The van der Waals surface area contributed by atoms with E-state index in [2.05, 4.69) is 15.0 Å². The summed E-state index contributed by atoms with van der Waals surface area (Å²) in [4.78, 5) is 21.7. The zero-order chi connectivity index (χ0) is 15.4. The van der Waals surface area contributed by atoms with Gasteiger partial charge in [0, 0.05) is 0 Å². The Labute approximate surface area is 117 Å². The number of nitrogen functional groups attached to an aromatic ring is 1. The van der Waals surface area contributed by atoms with Gasteiger partial charge in [-0.2, -0.15) is 4.98 Å². The van der Waals surface area contributed by atoms with Crippen molar-refractivity contribution in [3.05, 3.63) is 16.7 Å². The van der Waals surface area contributed by atoms with E-state index in [4.69, 9.17) is 15.6 Å². The number of aromatic nitrogens is 4. The van der Waals surface area contributed by atoms with Gasteiger partial charge in [-0.05, 0) is 6.92 Å². The summed E-state index contributed by atoms with van der Waals surface area (Å²) >= 11 is 0. The number of aliphatic hydroxyl groups excluding tert-OH is 2. The molecule has 0 saturated carbocycles.